The van der Waals surface area contributed by atoms with Crippen LogP contribution in [0.25, 0.3) is 0 Å². The Balaban J connectivity index is 1.63. The summed E-state index contributed by atoms with van der Waals surface area (Å²) in [6, 6.07) is 4.91. The van der Waals surface area contributed by atoms with E-state index in [1.807, 2.05) is 6.07 Å². The molecule has 0 saturated heterocycles. The van der Waals surface area contributed by atoms with Gasteiger partial charge in [-0.2, -0.15) is 0 Å². The average Bonchev–Trinajstić information content (AvgIpc) is 3.51. The Bertz CT molecular complexity index is 768. The van der Waals surface area contributed by atoms with Crippen LogP contribution in [0.4, 0.5) is 10.5 Å². The Morgan fingerprint density at radius 2 is 1.77 bits per heavy atom. The van der Waals surface area contributed by atoms with Crippen molar-refractivity contribution < 1.29 is 19.0 Å². The number of anilines is 1. The monoisotopic (exact) mass is 358 g/mol. The molecule has 0 atom stereocenters. The average molecular weight is 358 g/mol. The summed E-state index contributed by atoms with van der Waals surface area (Å²) in [7, 11) is 4.57. The number of hydrogen-bond donors (Lipinski definition) is 2. The summed E-state index contributed by atoms with van der Waals surface area (Å²) in [5.41, 5.74) is 2.35. The quantitative estimate of drug-likeness (QED) is 0.790. The van der Waals surface area contributed by atoms with Crippen molar-refractivity contribution >= 4 is 11.7 Å². The minimum Gasteiger partial charge on any atom is -0.493 e. The minimum absolute atomic E-state index is 0.318. The molecule has 138 valence electrons. The Morgan fingerprint density at radius 3 is 2.35 bits per heavy atom. The van der Waals surface area contributed by atoms with Gasteiger partial charge >= 0.3 is 6.03 Å². The van der Waals surface area contributed by atoms with Gasteiger partial charge in [0.05, 0.1) is 39.3 Å². The lowest BCUT2D eigenvalue weighted by Crippen LogP contribution is -2.28. The second kappa shape index (κ2) is 7.90. The number of hydrogen-bond acceptors (Lipinski definition) is 6. The molecule has 1 aliphatic rings. The molecule has 2 N–H and O–H groups in total. The smallest absolute Gasteiger partial charge is 0.319 e. The molecule has 3 rings (SSSR count). The second-order valence-electron chi connectivity index (χ2n) is 5.93. The first kappa shape index (κ1) is 17.8. The number of rotatable bonds is 7. The van der Waals surface area contributed by atoms with Gasteiger partial charge in [0.15, 0.2) is 11.5 Å². The van der Waals surface area contributed by atoms with Crippen LogP contribution >= 0.6 is 0 Å². The molecule has 2 amide bonds. The molecule has 0 aliphatic heterocycles. The first-order chi connectivity index (χ1) is 12.6. The highest BCUT2D eigenvalue weighted by Crippen LogP contribution is 2.40. The number of methoxy groups -OCH3 is 3. The van der Waals surface area contributed by atoms with Crippen LogP contribution in [0.1, 0.15) is 30.1 Å². The topological polar surface area (TPSA) is 94.6 Å². The van der Waals surface area contributed by atoms with E-state index in [4.69, 9.17) is 14.2 Å². The molecule has 1 aromatic heterocycles. The predicted octanol–water partition coefficient (Wildman–Crippen LogP) is 2.70. The van der Waals surface area contributed by atoms with Gasteiger partial charge in [-0.25, -0.2) is 14.8 Å². The van der Waals surface area contributed by atoms with E-state index in [0.29, 0.717) is 35.4 Å². The lowest BCUT2D eigenvalue weighted by atomic mass is 10.2. The van der Waals surface area contributed by atoms with Crippen LogP contribution in [0.5, 0.6) is 17.2 Å². The highest BCUT2D eigenvalue weighted by Gasteiger charge is 2.25. The number of carbonyl (C=O) groups is 1. The van der Waals surface area contributed by atoms with E-state index in [-0.39, 0.29) is 6.03 Å². The van der Waals surface area contributed by atoms with Crippen molar-refractivity contribution in [3.05, 3.63) is 35.9 Å². The van der Waals surface area contributed by atoms with Crippen LogP contribution in [0.15, 0.2) is 24.5 Å². The van der Waals surface area contributed by atoms with Crippen molar-refractivity contribution in [3.8, 4) is 17.2 Å². The first-order valence-corrected chi connectivity index (χ1v) is 8.30. The number of ether oxygens (including phenoxy) is 3. The molecule has 1 saturated carbocycles. The van der Waals surface area contributed by atoms with Crippen molar-refractivity contribution in [1.29, 1.82) is 0 Å². The van der Waals surface area contributed by atoms with Gasteiger partial charge in [-0.05, 0) is 18.9 Å². The molecule has 1 aromatic carbocycles. The van der Waals surface area contributed by atoms with Crippen molar-refractivity contribution in [2.45, 2.75) is 25.3 Å². The summed E-state index contributed by atoms with van der Waals surface area (Å²) in [6.45, 7) is 0.318. The summed E-state index contributed by atoms with van der Waals surface area (Å²) >= 11 is 0. The van der Waals surface area contributed by atoms with Crippen LogP contribution in [-0.4, -0.2) is 37.3 Å². The third-order valence-electron chi connectivity index (χ3n) is 4.09. The second-order valence-corrected chi connectivity index (χ2v) is 5.93. The summed E-state index contributed by atoms with van der Waals surface area (Å²) in [6.07, 6.45) is 3.89. The largest absolute Gasteiger partial charge is 0.493 e. The number of carbonyl (C=O) groups excluding carboxylic acids is 1. The fourth-order valence-corrected chi connectivity index (χ4v) is 2.61. The number of nitrogens with one attached hydrogen (secondary N) is 2. The maximum atomic E-state index is 12.2. The molecule has 1 heterocycles. The van der Waals surface area contributed by atoms with Crippen LogP contribution in [0.3, 0.4) is 0 Å². The van der Waals surface area contributed by atoms with Gasteiger partial charge in [-0.15, -0.1) is 0 Å². The lowest BCUT2D eigenvalue weighted by Gasteiger charge is -2.15. The molecular formula is C18H22N4O4. The fraction of sp³-hybridized carbons (Fsp3) is 0.389. The predicted molar refractivity (Wildman–Crippen MR) is 96.0 cm³/mol. The number of amides is 2. The lowest BCUT2D eigenvalue weighted by molar-refractivity contribution is 0.251. The highest BCUT2D eigenvalue weighted by atomic mass is 16.5. The maximum Gasteiger partial charge on any atom is 0.319 e. The molecule has 8 heteroatoms. The van der Waals surface area contributed by atoms with Gasteiger partial charge in [0.25, 0.3) is 0 Å². The van der Waals surface area contributed by atoms with Crippen LogP contribution in [-0.2, 0) is 6.54 Å². The van der Waals surface area contributed by atoms with Gasteiger partial charge < -0.3 is 24.8 Å². The molecule has 2 aromatic rings. The zero-order valence-electron chi connectivity index (χ0n) is 15.0. The fourth-order valence-electron chi connectivity index (χ4n) is 2.61. The molecule has 0 unspecified atom stereocenters. The van der Waals surface area contributed by atoms with Gasteiger partial charge in [0.1, 0.15) is 6.33 Å². The highest BCUT2D eigenvalue weighted by molar-refractivity contribution is 5.90. The summed E-state index contributed by atoms with van der Waals surface area (Å²) < 4.78 is 15.8. The van der Waals surface area contributed by atoms with Crippen molar-refractivity contribution in [2.24, 2.45) is 0 Å². The van der Waals surface area contributed by atoms with Gasteiger partial charge in [-0.1, -0.05) is 0 Å². The molecule has 0 spiro atoms. The minimum atomic E-state index is -0.356. The van der Waals surface area contributed by atoms with Crippen molar-refractivity contribution in [3.63, 3.8) is 0 Å². The van der Waals surface area contributed by atoms with Gasteiger partial charge in [-0.3, -0.25) is 0 Å². The maximum absolute atomic E-state index is 12.2. The van der Waals surface area contributed by atoms with E-state index in [2.05, 4.69) is 20.6 Å². The molecular weight excluding hydrogens is 336 g/mol. The summed E-state index contributed by atoms with van der Waals surface area (Å²) in [5.74, 6) is 1.94. The van der Waals surface area contributed by atoms with Gasteiger partial charge in [0, 0.05) is 23.7 Å². The number of nitrogens with zero attached hydrogens (tertiary/aromatic N) is 2. The number of benzene rings is 1. The summed E-state index contributed by atoms with van der Waals surface area (Å²) in [4.78, 5) is 20.7. The Labute approximate surface area is 151 Å². The van der Waals surface area contributed by atoms with Gasteiger partial charge in [0.2, 0.25) is 5.75 Å². The zero-order valence-corrected chi connectivity index (χ0v) is 15.0. The molecule has 8 nitrogen and oxygen atoms in total. The molecule has 1 fully saturated rings. The normalized spacial score (nSPS) is 13.0. The Kier molecular flexibility index (Phi) is 5.40. The van der Waals surface area contributed by atoms with Crippen molar-refractivity contribution in [1.82, 2.24) is 15.3 Å². The van der Waals surface area contributed by atoms with Crippen LogP contribution in [0, 0.1) is 0 Å². The van der Waals surface area contributed by atoms with Crippen molar-refractivity contribution in [2.75, 3.05) is 26.6 Å². The molecule has 26 heavy (non-hydrogen) atoms. The van der Waals surface area contributed by atoms with E-state index in [9.17, 15) is 4.79 Å². The van der Waals surface area contributed by atoms with E-state index >= 15 is 0 Å². The number of aromatic nitrogens is 2. The van der Waals surface area contributed by atoms with E-state index < -0.39 is 0 Å². The van der Waals surface area contributed by atoms with E-state index in [1.54, 1.807) is 18.5 Å². The third kappa shape index (κ3) is 4.14. The Morgan fingerprint density at radius 1 is 1.08 bits per heavy atom. The number of urea groups is 1. The van der Waals surface area contributed by atoms with Crippen LogP contribution < -0.4 is 24.8 Å². The van der Waals surface area contributed by atoms with E-state index in [1.165, 1.54) is 34.2 Å². The standard InChI is InChI=1S/C18H22N4O4/c1-24-15-7-12(8-16(25-2)17(15)26-3)22-18(23)19-9-13-6-14(11-4-5-11)21-10-20-13/h6-8,10-11H,4-5,9H2,1-3H3,(H2,19,22,23). The molecule has 0 bridgehead atoms. The zero-order chi connectivity index (χ0) is 18.5. The first-order valence-electron chi connectivity index (χ1n) is 8.30. The third-order valence-corrected chi connectivity index (χ3v) is 4.09. The SMILES string of the molecule is COc1cc(NC(=O)NCc2cc(C3CC3)ncn2)cc(OC)c1OC. The van der Waals surface area contributed by atoms with E-state index in [0.717, 1.165) is 11.4 Å². The van der Waals surface area contributed by atoms with Crippen LogP contribution in [0.2, 0.25) is 0 Å². The summed E-state index contributed by atoms with van der Waals surface area (Å²) in [5, 5.41) is 5.54. The molecule has 1 aliphatic carbocycles. The Hall–Kier alpha value is -3.03. The molecule has 0 radical (unpaired) electrons.